The van der Waals surface area contributed by atoms with Gasteiger partial charge in [-0.25, -0.2) is 0 Å². The summed E-state index contributed by atoms with van der Waals surface area (Å²) in [7, 11) is -5.84. The predicted octanol–water partition coefficient (Wildman–Crippen LogP) is 4.66. The van der Waals surface area contributed by atoms with E-state index >= 15 is 0 Å². The van der Waals surface area contributed by atoms with Crippen LogP contribution in [-0.4, -0.2) is 73.3 Å². The molecule has 1 aromatic heterocycles. The number of likely N-dealkylation sites (N-methyl/N-ethyl adjacent to an activating group) is 1. The van der Waals surface area contributed by atoms with Crippen molar-refractivity contribution in [2.45, 2.75) is 42.1 Å². The van der Waals surface area contributed by atoms with Gasteiger partial charge in [-0.05, 0) is 51.6 Å². The van der Waals surface area contributed by atoms with Crippen LogP contribution in [0.15, 0.2) is 82.6 Å². The summed E-state index contributed by atoms with van der Waals surface area (Å²) in [5.74, 6) is 0.987. The molecule has 2 aliphatic rings. The second kappa shape index (κ2) is 12.4. The van der Waals surface area contributed by atoms with Crippen molar-refractivity contribution in [2.75, 3.05) is 25.0 Å². The highest BCUT2D eigenvalue weighted by molar-refractivity contribution is 7.86. The number of hydrogen-bond donors (Lipinski definition) is 2. The number of aryl methyl sites for hydroxylation is 2. The third kappa shape index (κ3) is 7.59. The van der Waals surface area contributed by atoms with Gasteiger partial charge in [0.25, 0.3) is 20.2 Å². The molecule has 3 heterocycles. The van der Waals surface area contributed by atoms with Crippen molar-refractivity contribution in [3.05, 3.63) is 89.1 Å². The van der Waals surface area contributed by atoms with Crippen LogP contribution in [0.5, 0.6) is 0 Å². The fraction of sp³-hybridized carbons (Fsp3) is 0.286. The maximum atomic E-state index is 10.5. The third-order valence-electron chi connectivity index (χ3n) is 7.05. The first kappa shape index (κ1) is 30.8. The van der Waals surface area contributed by atoms with Gasteiger partial charge in [-0.2, -0.15) is 16.8 Å². The van der Waals surface area contributed by atoms with Gasteiger partial charge in [-0.15, -0.1) is 10.2 Å². The lowest BCUT2D eigenvalue weighted by molar-refractivity contribution is 0.292. The first-order valence-electron chi connectivity index (χ1n) is 12.7. The number of aromatic nitrogens is 2. The molecule has 218 valence electrons. The van der Waals surface area contributed by atoms with Crippen molar-refractivity contribution in [3.63, 3.8) is 0 Å². The van der Waals surface area contributed by atoms with Crippen LogP contribution in [0.4, 0.5) is 5.82 Å². The van der Waals surface area contributed by atoms with Crippen LogP contribution in [0.2, 0.25) is 5.15 Å². The third-order valence-corrected chi connectivity index (χ3v) is 9.06. The van der Waals surface area contributed by atoms with Gasteiger partial charge < -0.3 is 4.90 Å². The van der Waals surface area contributed by atoms with Crippen LogP contribution >= 0.6 is 11.6 Å². The van der Waals surface area contributed by atoms with E-state index in [0.29, 0.717) is 17.2 Å². The molecule has 2 atom stereocenters. The summed E-state index contributed by atoms with van der Waals surface area (Å²) in [5, 5.41) is 11.1. The summed E-state index contributed by atoms with van der Waals surface area (Å²) in [6.45, 7) is 5.84. The van der Waals surface area contributed by atoms with Crippen LogP contribution in [0, 0.1) is 13.8 Å². The van der Waals surface area contributed by atoms with Crippen LogP contribution < -0.4 is 4.90 Å². The fourth-order valence-corrected chi connectivity index (χ4v) is 5.98. The number of hydrogen-bond acceptors (Lipinski definition) is 8. The van der Waals surface area contributed by atoms with E-state index in [1.54, 1.807) is 24.3 Å². The number of benzene rings is 3. The minimum atomic E-state index is -4.02. The van der Waals surface area contributed by atoms with Gasteiger partial charge >= 0.3 is 0 Å². The van der Waals surface area contributed by atoms with Gasteiger partial charge in [0.15, 0.2) is 11.0 Å². The molecule has 0 aliphatic carbocycles. The van der Waals surface area contributed by atoms with Crippen molar-refractivity contribution in [1.29, 1.82) is 0 Å². The van der Waals surface area contributed by atoms with Crippen LogP contribution in [0.1, 0.15) is 17.5 Å². The molecule has 0 amide bonds. The van der Waals surface area contributed by atoms with E-state index in [0.717, 1.165) is 40.8 Å². The van der Waals surface area contributed by atoms with Gasteiger partial charge in [0.1, 0.15) is 0 Å². The Bertz CT molecular complexity index is 1660. The Kier molecular flexibility index (Phi) is 9.32. The molecule has 0 radical (unpaired) electrons. The molecule has 0 spiro atoms. The molecule has 3 aromatic carbocycles. The zero-order chi connectivity index (χ0) is 29.9. The van der Waals surface area contributed by atoms with E-state index in [-0.39, 0.29) is 9.79 Å². The number of fused-ring (bicyclic) bond motifs is 3. The van der Waals surface area contributed by atoms with Gasteiger partial charge in [0, 0.05) is 35.9 Å². The minimum Gasteiger partial charge on any atom is -0.349 e. The lowest BCUT2D eigenvalue weighted by Crippen LogP contribution is -2.45. The lowest BCUT2D eigenvalue weighted by atomic mass is 10.1. The Morgan fingerprint density at radius 2 is 1.22 bits per heavy atom. The largest absolute Gasteiger partial charge is 0.349 e. The summed E-state index contributed by atoms with van der Waals surface area (Å²) in [6, 6.07) is 21.3. The number of halogens is 1. The Morgan fingerprint density at radius 1 is 0.732 bits per heavy atom. The van der Waals surface area contributed by atoms with Crippen molar-refractivity contribution >= 4 is 48.4 Å². The topological polar surface area (TPSA) is 141 Å². The zero-order valence-corrected chi connectivity index (χ0v) is 25.1. The smallest absolute Gasteiger partial charge is 0.294 e. The highest BCUT2D eigenvalue weighted by Crippen LogP contribution is 2.36. The van der Waals surface area contributed by atoms with E-state index in [4.69, 9.17) is 20.7 Å². The SMILES string of the molecule is CN1C[C@@H]2C[C@H]1CN2c1nnc(Cl)c2ccccc12.Cc1ccc(S(=O)(=O)O)cc1.Cc1ccc(S(=O)(=O)O)cc1. The fourth-order valence-electron chi connectivity index (χ4n) is 4.81. The summed E-state index contributed by atoms with van der Waals surface area (Å²) >= 11 is 6.14. The van der Waals surface area contributed by atoms with E-state index in [9.17, 15) is 16.8 Å². The molecule has 2 fully saturated rings. The highest BCUT2D eigenvalue weighted by atomic mass is 35.5. The molecule has 10 nitrogen and oxygen atoms in total. The number of anilines is 1. The quantitative estimate of drug-likeness (QED) is 0.311. The molecule has 0 unspecified atom stereocenters. The van der Waals surface area contributed by atoms with Crippen molar-refractivity contribution in [1.82, 2.24) is 15.1 Å². The number of nitrogens with zero attached hydrogens (tertiary/aromatic N) is 4. The lowest BCUT2D eigenvalue weighted by Gasteiger charge is -2.33. The summed E-state index contributed by atoms with van der Waals surface area (Å²) in [5.41, 5.74) is 1.91. The van der Waals surface area contributed by atoms with Crippen molar-refractivity contribution in [2.24, 2.45) is 0 Å². The van der Waals surface area contributed by atoms with E-state index in [1.807, 2.05) is 32.0 Å². The van der Waals surface area contributed by atoms with E-state index < -0.39 is 20.2 Å². The monoisotopic (exact) mass is 618 g/mol. The molecule has 2 aliphatic heterocycles. The summed E-state index contributed by atoms with van der Waals surface area (Å²) in [4.78, 5) is 4.70. The Hall–Kier alpha value is -3.13. The predicted molar refractivity (Wildman–Crippen MR) is 159 cm³/mol. The minimum absolute atomic E-state index is 0.0666. The number of rotatable bonds is 3. The molecule has 13 heteroatoms. The van der Waals surface area contributed by atoms with Crippen LogP contribution in [0.25, 0.3) is 10.8 Å². The first-order chi connectivity index (χ1) is 19.2. The second-order valence-corrected chi connectivity index (χ2v) is 13.3. The molecule has 2 N–H and O–H groups in total. The normalized spacial score (nSPS) is 18.4. The molecule has 6 rings (SSSR count). The summed E-state index contributed by atoms with van der Waals surface area (Å²) < 4.78 is 59.1. The molecule has 41 heavy (non-hydrogen) atoms. The van der Waals surface area contributed by atoms with E-state index in [1.165, 1.54) is 30.7 Å². The number of likely N-dealkylation sites (tertiary alicyclic amines) is 1. The van der Waals surface area contributed by atoms with Crippen LogP contribution in [0.3, 0.4) is 0 Å². The van der Waals surface area contributed by atoms with E-state index in [2.05, 4.69) is 33.1 Å². The highest BCUT2D eigenvalue weighted by Gasteiger charge is 2.42. The Morgan fingerprint density at radius 3 is 1.63 bits per heavy atom. The van der Waals surface area contributed by atoms with Gasteiger partial charge in [-0.3, -0.25) is 14.0 Å². The average Bonchev–Trinajstić information content (AvgIpc) is 3.49. The standard InChI is InChI=1S/C14H15ClN4.2C7H8O3S/c1-18-7-10-6-9(18)8-19(10)14-12-5-3-2-4-11(12)13(15)16-17-14;2*1-6-2-4-7(5-3-6)11(8,9)10/h2-5,9-10H,6-8H2,1H3;2*2-5H,1H3,(H,8,9,10)/t9-,10-;;/m0../s1. The molecule has 0 saturated carbocycles. The maximum absolute atomic E-state index is 10.5. The molecule has 4 aromatic rings. The molecular formula is C28H31ClN4O6S2. The second-order valence-electron chi connectivity index (χ2n) is 10.1. The maximum Gasteiger partial charge on any atom is 0.294 e. The number of piperazine rings is 1. The Labute approximate surface area is 245 Å². The van der Waals surface area contributed by atoms with Crippen molar-refractivity contribution in [3.8, 4) is 0 Å². The zero-order valence-electron chi connectivity index (χ0n) is 22.7. The molecule has 2 saturated heterocycles. The summed E-state index contributed by atoms with van der Waals surface area (Å²) in [6.07, 6.45) is 1.23. The molecule has 2 bridgehead atoms. The van der Waals surface area contributed by atoms with Crippen molar-refractivity contribution < 1.29 is 25.9 Å². The van der Waals surface area contributed by atoms with Gasteiger partial charge in [-0.1, -0.05) is 71.3 Å². The average molecular weight is 619 g/mol. The van der Waals surface area contributed by atoms with Gasteiger partial charge in [0.05, 0.1) is 9.79 Å². The molecular weight excluding hydrogens is 588 g/mol. The van der Waals surface area contributed by atoms with Crippen LogP contribution in [-0.2, 0) is 20.2 Å². The Balaban J connectivity index is 0.000000153. The first-order valence-corrected chi connectivity index (χ1v) is 16.0. The van der Waals surface area contributed by atoms with Gasteiger partial charge in [0.2, 0.25) is 0 Å².